The van der Waals surface area contributed by atoms with Gasteiger partial charge in [0.05, 0.1) is 24.3 Å². The zero-order valence-electron chi connectivity index (χ0n) is 18.3. The molecule has 8 heteroatoms. The number of amides is 1. The van der Waals surface area contributed by atoms with Crippen LogP contribution in [0.2, 0.25) is 0 Å². The summed E-state index contributed by atoms with van der Waals surface area (Å²) in [7, 11) is 3.52. The van der Waals surface area contributed by atoms with E-state index in [0.29, 0.717) is 22.8 Å². The molecule has 0 aliphatic carbocycles. The third kappa shape index (κ3) is 3.76. The van der Waals surface area contributed by atoms with Crippen molar-refractivity contribution in [1.29, 1.82) is 0 Å². The van der Waals surface area contributed by atoms with Gasteiger partial charge in [0.15, 0.2) is 5.65 Å². The summed E-state index contributed by atoms with van der Waals surface area (Å²) in [5, 5.41) is 8.32. The lowest BCUT2D eigenvalue weighted by atomic mass is 10.0. The van der Waals surface area contributed by atoms with Crippen LogP contribution in [0, 0.1) is 6.92 Å². The number of imidazole rings is 1. The fourth-order valence-corrected chi connectivity index (χ4v) is 3.76. The van der Waals surface area contributed by atoms with Crippen LogP contribution in [0.25, 0.3) is 11.0 Å². The van der Waals surface area contributed by atoms with Gasteiger partial charge in [-0.15, -0.1) is 0 Å². The molecule has 160 valence electrons. The van der Waals surface area contributed by atoms with Gasteiger partial charge in [0.2, 0.25) is 0 Å². The van der Waals surface area contributed by atoms with E-state index in [-0.39, 0.29) is 11.9 Å². The number of nitrogens with zero attached hydrogens (tertiary/aromatic N) is 5. The molecule has 1 amide bonds. The van der Waals surface area contributed by atoms with Crippen molar-refractivity contribution in [3.05, 3.63) is 71.6 Å². The molecule has 4 rings (SSSR count). The van der Waals surface area contributed by atoms with Gasteiger partial charge in [-0.2, -0.15) is 5.10 Å². The first-order valence-electron chi connectivity index (χ1n) is 10.2. The third-order valence-electron chi connectivity index (χ3n) is 5.27. The van der Waals surface area contributed by atoms with Crippen LogP contribution in [0.3, 0.4) is 0 Å². The van der Waals surface area contributed by atoms with Crippen molar-refractivity contribution < 1.29 is 9.53 Å². The summed E-state index contributed by atoms with van der Waals surface area (Å²) in [6.07, 6.45) is 5.27. The molecular weight excluding hydrogens is 392 g/mol. The van der Waals surface area contributed by atoms with Gasteiger partial charge in [-0.25, -0.2) is 14.6 Å². The predicted octanol–water partition coefficient (Wildman–Crippen LogP) is 3.58. The van der Waals surface area contributed by atoms with E-state index in [9.17, 15) is 4.79 Å². The minimum Gasteiger partial charge on any atom is -0.496 e. The SMILES string of the molecule is COc1ccccc1C(NC(=O)c1cc(C)nc2c1cnn2C(C)C)c1nccn1C. The number of aromatic nitrogens is 5. The number of fused-ring (bicyclic) bond motifs is 1. The molecule has 3 aromatic heterocycles. The number of hydrogen-bond donors (Lipinski definition) is 1. The van der Waals surface area contributed by atoms with E-state index in [0.717, 1.165) is 16.6 Å². The van der Waals surface area contributed by atoms with Gasteiger partial charge < -0.3 is 14.6 Å². The van der Waals surface area contributed by atoms with Crippen LogP contribution in [0.5, 0.6) is 5.75 Å². The fourth-order valence-electron chi connectivity index (χ4n) is 3.76. The maximum Gasteiger partial charge on any atom is 0.253 e. The largest absolute Gasteiger partial charge is 0.496 e. The van der Waals surface area contributed by atoms with Crippen molar-refractivity contribution in [3.63, 3.8) is 0 Å². The quantitative estimate of drug-likeness (QED) is 0.517. The van der Waals surface area contributed by atoms with Crippen molar-refractivity contribution in [2.75, 3.05) is 7.11 Å². The monoisotopic (exact) mass is 418 g/mol. The van der Waals surface area contributed by atoms with Crippen molar-refractivity contribution in [2.24, 2.45) is 7.05 Å². The van der Waals surface area contributed by atoms with E-state index in [2.05, 4.69) is 20.4 Å². The molecular formula is C23H26N6O2. The molecule has 1 atom stereocenters. The number of carbonyl (C=O) groups excluding carboxylic acids is 1. The first-order chi connectivity index (χ1) is 14.9. The van der Waals surface area contributed by atoms with Gasteiger partial charge in [0.25, 0.3) is 5.91 Å². The minimum absolute atomic E-state index is 0.136. The summed E-state index contributed by atoms with van der Waals surface area (Å²) in [5.41, 5.74) is 2.81. The standard InChI is InChI=1S/C23H26N6O2/c1-14(2)29-21-18(13-25-29)17(12-15(3)26-21)23(30)27-20(22-24-10-11-28(22)4)16-8-6-7-9-19(16)31-5/h6-14,20H,1-5H3,(H,27,30). The van der Waals surface area contributed by atoms with Crippen LogP contribution < -0.4 is 10.1 Å². The summed E-state index contributed by atoms with van der Waals surface area (Å²) >= 11 is 0. The Labute approximate surface area is 180 Å². The predicted molar refractivity (Wildman–Crippen MR) is 118 cm³/mol. The number of methoxy groups -OCH3 is 1. The Morgan fingerprint density at radius 2 is 2.00 bits per heavy atom. The van der Waals surface area contributed by atoms with Gasteiger partial charge in [-0.3, -0.25) is 4.79 Å². The van der Waals surface area contributed by atoms with E-state index in [1.807, 2.05) is 67.5 Å². The molecule has 0 aliphatic heterocycles. The van der Waals surface area contributed by atoms with Gasteiger partial charge in [-0.05, 0) is 32.9 Å². The number of aryl methyl sites for hydroxylation is 2. The highest BCUT2D eigenvalue weighted by atomic mass is 16.5. The number of hydrogen-bond acceptors (Lipinski definition) is 5. The number of pyridine rings is 1. The summed E-state index contributed by atoms with van der Waals surface area (Å²) in [5.74, 6) is 1.16. The number of rotatable bonds is 6. The Bertz CT molecular complexity index is 1240. The Hall–Kier alpha value is -3.68. The lowest BCUT2D eigenvalue weighted by molar-refractivity contribution is 0.0942. The van der Waals surface area contributed by atoms with E-state index in [1.54, 1.807) is 25.6 Å². The third-order valence-corrected chi connectivity index (χ3v) is 5.27. The zero-order valence-corrected chi connectivity index (χ0v) is 18.3. The van der Waals surface area contributed by atoms with Gasteiger partial charge in [0, 0.05) is 36.7 Å². The number of benzene rings is 1. The Kier molecular flexibility index (Phi) is 5.46. The zero-order chi connectivity index (χ0) is 22.1. The average Bonchev–Trinajstić information content (AvgIpc) is 3.37. The molecule has 0 radical (unpaired) electrons. The van der Waals surface area contributed by atoms with Crippen molar-refractivity contribution in [3.8, 4) is 5.75 Å². The number of carbonyl (C=O) groups is 1. The number of nitrogens with one attached hydrogen (secondary N) is 1. The van der Waals surface area contributed by atoms with Gasteiger partial charge in [-0.1, -0.05) is 18.2 Å². The molecule has 0 bridgehead atoms. The normalized spacial score (nSPS) is 12.3. The molecule has 0 fully saturated rings. The van der Waals surface area contributed by atoms with Gasteiger partial charge >= 0.3 is 0 Å². The second-order valence-corrected chi connectivity index (χ2v) is 7.78. The summed E-state index contributed by atoms with van der Waals surface area (Å²) in [6.45, 7) is 5.95. The molecule has 0 saturated carbocycles. The summed E-state index contributed by atoms with van der Waals surface area (Å²) in [4.78, 5) is 22.6. The lowest BCUT2D eigenvalue weighted by Gasteiger charge is -2.21. The molecule has 0 spiro atoms. The molecule has 1 N–H and O–H groups in total. The van der Waals surface area contributed by atoms with Crippen LogP contribution in [-0.4, -0.2) is 37.3 Å². The topological polar surface area (TPSA) is 86.9 Å². The highest BCUT2D eigenvalue weighted by molar-refractivity contribution is 6.05. The maximum absolute atomic E-state index is 13.5. The van der Waals surface area contributed by atoms with Crippen LogP contribution in [-0.2, 0) is 7.05 Å². The maximum atomic E-state index is 13.5. The first kappa shape index (κ1) is 20.6. The number of ether oxygens (including phenoxy) is 1. The van der Waals surface area contributed by atoms with E-state index >= 15 is 0 Å². The molecule has 1 aromatic carbocycles. The minimum atomic E-state index is -0.493. The van der Waals surface area contributed by atoms with E-state index < -0.39 is 6.04 Å². The molecule has 4 aromatic rings. The van der Waals surface area contributed by atoms with Crippen LogP contribution in [0.15, 0.2) is 48.9 Å². The van der Waals surface area contributed by atoms with Gasteiger partial charge in [0.1, 0.15) is 17.6 Å². The second-order valence-electron chi connectivity index (χ2n) is 7.78. The fraction of sp³-hybridized carbons (Fsp3) is 0.304. The molecule has 0 aliphatic rings. The molecule has 8 nitrogen and oxygen atoms in total. The summed E-state index contributed by atoms with van der Waals surface area (Å²) < 4.78 is 9.28. The van der Waals surface area contributed by atoms with E-state index in [4.69, 9.17) is 4.74 Å². The Morgan fingerprint density at radius 3 is 2.68 bits per heavy atom. The summed E-state index contributed by atoms with van der Waals surface area (Å²) in [6, 6.07) is 9.06. The molecule has 3 heterocycles. The molecule has 31 heavy (non-hydrogen) atoms. The highest BCUT2D eigenvalue weighted by Gasteiger charge is 2.26. The molecule has 1 unspecified atom stereocenters. The highest BCUT2D eigenvalue weighted by Crippen LogP contribution is 2.30. The average molecular weight is 419 g/mol. The second kappa shape index (κ2) is 8.22. The smallest absolute Gasteiger partial charge is 0.253 e. The van der Waals surface area contributed by atoms with Crippen LogP contribution >= 0.6 is 0 Å². The van der Waals surface area contributed by atoms with E-state index in [1.165, 1.54) is 0 Å². The van der Waals surface area contributed by atoms with Crippen molar-refractivity contribution >= 4 is 16.9 Å². The molecule has 0 saturated heterocycles. The Balaban J connectivity index is 1.80. The first-order valence-corrected chi connectivity index (χ1v) is 10.2. The Morgan fingerprint density at radius 1 is 1.23 bits per heavy atom. The van der Waals surface area contributed by atoms with Crippen LogP contribution in [0.4, 0.5) is 0 Å². The van der Waals surface area contributed by atoms with Crippen LogP contribution in [0.1, 0.15) is 53.4 Å². The number of para-hydroxylation sites is 1. The lowest BCUT2D eigenvalue weighted by Crippen LogP contribution is -2.31. The van der Waals surface area contributed by atoms with Crippen molar-refractivity contribution in [1.82, 2.24) is 29.6 Å². The van der Waals surface area contributed by atoms with Crippen molar-refractivity contribution in [2.45, 2.75) is 32.9 Å².